The second kappa shape index (κ2) is 7.38. The van der Waals surface area contributed by atoms with Gasteiger partial charge in [0.05, 0.1) is 22.2 Å². The summed E-state index contributed by atoms with van der Waals surface area (Å²) >= 11 is 12.0. The molecule has 22 heavy (non-hydrogen) atoms. The molecule has 0 radical (unpaired) electrons. The molecule has 1 aliphatic heterocycles. The van der Waals surface area contributed by atoms with Crippen molar-refractivity contribution < 1.29 is 9.59 Å². The minimum absolute atomic E-state index is 0.165. The molecular formula is C14H14Cl2N4O2. The normalized spacial score (nSPS) is 17.5. The first-order valence-corrected chi connectivity index (χ1v) is 7.34. The minimum atomic E-state index is -0.354. The molecule has 6 nitrogen and oxygen atoms in total. The van der Waals surface area contributed by atoms with Crippen LogP contribution in [0.4, 0.5) is 0 Å². The van der Waals surface area contributed by atoms with Gasteiger partial charge in [0, 0.05) is 17.7 Å². The van der Waals surface area contributed by atoms with Crippen LogP contribution in [0, 0.1) is 5.92 Å². The van der Waals surface area contributed by atoms with Gasteiger partial charge in [-0.15, -0.1) is 0 Å². The molecule has 1 heterocycles. The number of carbonyl (C=O) groups excluding carboxylic acids is 2. The number of hydrazone groups is 2. The molecule has 2 amide bonds. The van der Waals surface area contributed by atoms with Gasteiger partial charge in [0.15, 0.2) is 0 Å². The lowest BCUT2D eigenvalue weighted by molar-refractivity contribution is -0.123. The zero-order valence-electron chi connectivity index (χ0n) is 11.8. The van der Waals surface area contributed by atoms with Crippen molar-refractivity contribution >= 4 is 46.9 Å². The van der Waals surface area contributed by atoms with E-state index in [0.29, 0.717) is 27.7 Å². The zero-order valence-corrected chi connectivity index (χ0v) is 13.3. The van der Waals surface area contributed by atoms with Crippen LogP contribution in [0.1, 0.15) is 25.3 Å². The van der Waals surface area contributed by atoms with Gasteiger partial charge < -0.3 is 0 Å². The predicted molar refractivity (Wildman–Crippen MR) is 86.2 cm³/mol. The quantitative estimate of drug-likeness (QED) is 0.637. The number of rotatable bonds is 5. The Balaban J connectivity index is 1.84. The maximum absolute atomic E-state index is 11.7. The molecule has 0 aromatic heterocycles. The average Bonchev–Trinajstić information content (AvgIpc) is 2.79. The van der Waals surface area contributed by atoms with Crippen LogP contribution in [-0.2, 0) is 9.59 Å². The number of benzene rings is 1. The van der Waals surface area contributed by atoms with Crippen LogP contribution in [-0.4, -0.2) is 23.7 Å². The molecule has 2 rings (SSSR count). The fourth-order valence-electron chi connectivity index (χ4n) is 1.96. The summed E-state index contributed by atoms with van der Waals surface area (Å²) in [6.45, 7) is 1.75. The highest BCUT2D eigenvalue weighted by Crippen LogP contribution is 2.22. The van der Waals surface area contributed by atoms with Crippen LogP contribution in [0.2, 0.25) is 10.0 Å². The van der Waals surface area contributed by atoms with Gasteiger partial charge in [0.2, 0.25) is 11.8 Å². The van der Waals surface area contributed by atoms with E-state index in [4.69, 9.17) is 23.2 Å². The van der Waals surface area contributed by atoms with E-state index >= 15 is 0 Å². The first-order chi connectivity index (χ1) is 10.5. The molecule has 1 aromatic rings. The monoisotopic (exact) mass is 340 g/mol. The third kappa shape index (κ3) is 4.05. The van der Waals surface area contributed by atoms with E-state index in [-0.39, 0.29) is 24.2 Å². The highest BCUT2D eigenvalue weighted by Gasteiger charge is 2.26. The highest BCUT2D eigenvalue weighted by atomic mass is 35.5. The molecule has 0 bridgehead atoms. The summed E-state index contributed by atoms with van der Waals surface area (Å²) < 4.78 is 0. The van der Waals surface area contributed by atoms with Crippen molar-refractivity contribution in [3.05, 3.63) is 33.8 Å². The third-order valence-electron chi connectivity index (χ3n) is 3.21. The number of carbonyl (C=O) groups is 2. The van der Waals surface area contributed by atoms with E-state index in [1.165, 1.54) is 6.21 Å². The van der Waals surface area contributed by atoms with E-state index in [1.807, 2.05) is 0 Å². The number of nitrogens with zero attached hydrogens (tertiary/aromatic N) is 2. The Morgan fingerprint density at radius 2 is 2.14 bits per heavy atom. The number of halogens is 2. The Bertz CT molecular complexity index is 638. The van der Waals surface area contributed by atoms with Gasteiger partial charge in [-0.3, -0.25) is 9.59 Å². The second-order valence-electron chi connectivity index (χ2n) is 4.75. The molecule has 1 atom stereocenters. The number of hydrogen-bond acceptors (Lipinski definition) is 4. The Kier molecular flexibility index (Phi) is 5.51. The molecule has 8 heteroatoms. The molecule has 0 saturated carbocycles. The van der Waals surface area contributed by atoms with E-state index < -0.39 is 0 Å². The van der Waals surface area contributed by atoms with Crippen molar-refractivity contribution in [3.8, 4) is 0 Å². The first kappa shape index (κ1) is 16.5. The average molecular weight is 341 g/mol. The smallest absolute Gasteiger partial charge is 0.248 e. The van der Waals surface area contributed by atoms with Crippen LogP contribution in [0.3, 0.4) is 0 Å². The summed E-state index contributed by atoms with van der Waals surface area (Å²) in [5.41, 5.74) is 5.98. The van der Waals surface area contributed by atoms with Crippen LogP contribution >= 0.6 is 23.2 Å². The van der Waals surface area contributed by atoms with Gasteiger partial charge in [0.25, 0.3) is 0 Å². The van der Waals surface area contributed by atoms with Gasteiger partial charge in [-0.25, -0.2) is 10.9 Å². The van der Waals surface area contributed by atoms with Crippen molar-refractivity contribution in [1.29, 1.82) is 0 Å². The summed E-state index contributed by atoms with van der Waals surface area (Å²) in [4.78, 5) is 23.2. The van der Waals surface area contributed by atoms with Crippen LogP contribution in [0.15, 0.2) is 28.4 Å². The highest BCUT2D eigenvalue weighted by molar-refractivity contribution is 6.38. The van der Waals surface area contributed by atoms with E-state index in [9.17, 15) is 9.59 Å². The van der Waals surface area contributed by atoms with Crippen LogP contribution in [0.25, 0.3) is 0 Å². The Morgan fingerprint density at radius 3 is 2.73 bits per heavy atom. The fraction of sp³-hybridized carbons (Fsp3) is 0.286. The first-order valence-electron chi connectivity index (χ1n) is 6.59. The van der Waals surface area contributed by atoms with Gasteiger partial charge >= 0.3 is 0 Å². The van der Waals surface area contributed by atoms with E-state index in [2.05, 4.69) is 21.1 Å². The lowest BCUT2D eigenvalue weighted by atomic mass is 9.99. The molecule has 1 aromatic carbocycles. The molecule has 0 spiro atoms. The zero-order chi connectivity index (χ0) is 16.1. The standard InChI is InChI=1S/C14H14Cl2N4O2/c1-8-9(14(22)20-18-8)5-6-13(21)19-17-7-10-11(15)3-2-4-12(10)16/h2-4,7,9H,5-6H2,1H3,(H,19,21)(H,20,22). The molecule has 0 saturated heterocycles. The fourth-order valence-corrected chi connectivity index (χ4v) is 2.46. The lowest BCUT2D eigenvalue weighted by Crippen LogP contribution is -2.25. The van der Waals surface area contributed by atoms with Crippen molar-refractivity contribution in [2.75, 3.05) is 0 Å². The summed E-state index contributed by atoms with van der Waals surface area (Å²) in [6.07, 6.45) is 1.94. The number of amides is 2. The summed E-state index contributed by atoms with van der Waals surface area (Å²) in [5, 5.41) is 8.54. The lowest BCUT2D eigenvalue weighted by Gasteiger charge is -2.06. The van der Waals surface area contributed by atoms with Gasteiger partial charge in [-0.05, 0) is 25.5 Å². The van der Waals surface area contributed by atoms with E-state index in [0.717, 1.165) is 0 Å². The second-order valence-corrected chi connectivity index (χ2v) is 5.56. The van der Waals surface area contributed by atoms with E-state index in [1.54, 1.807) is 25.1 Å². The predicted octanol–water partition coefficient (Wildman–Crippen LogP) is 2.35. The van der Waals surface area contributed by atoms with Crippen LogP contribution < -0.4 is 10.9 Å². The van der Waals surface area contributed by atoms with Crippen molar-refractivity contribution in [2.24, 2.45) is 16.1 Å². The number of nitrogens with one attached hydrogen (secondary N) is 2. The molecular weight excluding hydrogens is 327 g/mol. The van der Waals surface area contributed by atoms with Gasteiger partial charge in [-0.2, -0.15) is 10.2 Å². The third-order valence-corrected chi connectivity index (χ3v) is 3.87. The van der Waals surface area contributed by atoms with Crippen LogP contribution in [0.5, 0.6) is 0 Å². The molecule has 0 fully saturated rings. The number of hydrogen-bond donors (Lipinski definition) is 2. The molecule has 2 N–H and O–H groups in total. The molecule has 1 aliphatic rings. The largest absolute Gasteiger partial charge is 0.273 e. The SMILES string of the molecule is CC1=NNC(=O)C1CCC(=O)NN=Cc1c(Cl)cccc1Cl. The maximum Gasteiger partial charge on any atom is 0.248 e. The molecule has 116 valence electrons. The van der Waals surface area contributed by atoms with Gasteiger partial charge in [0.1, 0.15) is 0 Å². The maximum atomic E-state index is 11.7. The minimum Gasteiger partial charge on any atom is -0.273 e. The Hall–Kier alpha value is -1.92. The van der Waals surface area contributed by atoms with Crippen molar-refractivity contribution in [1.82, 2.24) is 10.9 Å². The van der Waals surface area contributed by atoms with Gasteiger partial charge in [-0.1, -0.05) is 29.3 Å². The Morgan fingerprint density at radius 1 is 1.45 bits per heavy atom. The Labute approximate surface area is 137 Å². The topological polar surface area (TPSA) is 82.9 Å². The summed E-state index contributed by atoms with van der Waals surface area (Å²) in [6, 6.07) is 5.08. The summed E-state index contributed by atoms with van der Waals surface area (Å²) in [7, 11) is 0. The van der Waals surface area contributed by atoms with Crippen molar-refractivity contribution in [2.45, 2.75) is 19.8 Å². The summed E-state index contributed by atoms with van der Waals surface area (Å²) in [5.74, 6) is -0.837. The van der Waals surface area contributed by atoms with Crippen molar-refractivity contribution in [3.63, 3.8) is 0 Å². The molecule has 0 aliphatic carbocycles. The molecule has 1 unspecified atom stereocenters.